The standard InChI is InChI=1S/C14H13ClFN/c1-9-2-3-10(6-13(9)15)11-4-5-12(8-17)14(16)7-11/h2-7H,8,17H2,1H3. The van der Waals surface area contributed by atoms with Gasteiger partial charge in [0.2, 0.25) is 0 Å². The molecular weight excluding hydrogens is 237 g/mol. The van der Waals surface area contributed by atoms with Gasteiger partial charge in [-0.05, 0) is 35.7 Å². The molecule has 3 heteroatoms. The number of benzene rings is 2. The highest BCUT2D eigenvalue weighted by atomic mass is 35.5. The third-order valence-corrected chi connectivity index (χ3v) is 3.19. The maximum Gasteiger partial charge on any atom is 0.128 e. The Morgan fingerprint density at radius 1 is 1.12 bits per heavy atom. The monoisotopic (exact) mass is 249 g/mol. The average molecular weight is 250 g/mol. The Hall–Kier alpha value is -1.38. The first-order chi connectivity index (χ1) is 8.11. The Morgan fingerprint density at radius 3 is 2.35 bits per heavy atom. The van der Waals surface area contributed by atoms with Crippen LogP contribution in [-0.4, -0.2) is 0 Å². The van der Waals surface area contributed by atoms with E-state index in [-0.39, 0.29) is 12.4 Å². The number of hydrogen-bond acceptors (Lipinski definition) is 1. The van der Waals surface area contributed by atoms with Gasteiger partial charge in [0.25, 0.3) is 0 Å². The van der Waals surface area contributed by atoms with E-state index in [9.17, 15) is 4.39 Å². The van der Waals surface area contributed by atoms with Crippen LogP contribution in [0.2, 0.25) is 5.02 Å². The Morgan fingerprint density at radius 2 is 1.76 bits per heavy atom. The van der Waals surface area contributed by atoms with Gasteiger partial charge in [-0.1, -0.05) is 35.9 Å². The van der Waals surface area contributed by atoms with E-state index in [1.165, 1.54) is 6.07 Å². The van der Waals surface area contributed by atoms with Gasteiger partial charge in [-0.3, -0.25) is 0 Å². The zero-order valence-electron chi connectivity index (χ0n) is 9.50. The Balaban J connectivity index is 2.46. The number of rotatable bonds is 2. The Kier molecular flexibility index (Phi) is 3.46. The summed E-state index contributed by atoms with van der Waals surface area (Å²) in [5.41, 5.74) is 8.66. The van der Waals surface area contributed by atoms with Gasteiger partial charge in [0, 0.05) is 17.1 Å². The number of nitrogens with two attached hydrogens (primary N) is 1. The fourth-order valence-electron chi connectivity index (χ4n) is 1.66. The quantitative estimate of drug-likeness (QED) is 0.858. The normalized spacial score (nSPS) is 10.6. The third-order valence-electron chi connectivity index (χ3n) is 2.78. The summed E-state index contributed by atoms with van der Waals surface area (Å²) in [6, 6.07) is 10.7. The van der Waals surface area contributed by atoms with E-state index >= 15 is 0 Å². The highest BCUT2D eigenvalue weighted by molar-refractivity contribution is 6.31. The van der Waals surface area contributed by atoms with Gasteiger partial charge >= 0.3 is 0 Å². The summed E-state index contributed by atoms with van der Waals surface area (Å²) < 4.78 is 13.6. The van der Waals surface area contributed by atoms with E-state index in [4.69, 9.17) is 17.3 Å². The smallest absolute Gasteiger partial charge is 0.128 e. The van der Waals surface area contributed by atoms with Gasteiger partial charge in [0.05, 0.1) is 0 Å². The predicted molar refractivity (Wildman–Crippen MR) is 69.5 cm³/mol. The van der Waals surface area contributed by atoms with Crippen LogP contribution in [0, 0.1) is 12.7 Å². The summed E-state index contributed by atoms with van der Waals surface area (Å²) >= 11 is 6.05. The van der Waals surface area contributed by atoms with Gasteiger partial charge in [-0.15, -0.1) is 0 Å². The number of hydrogen-bond donors (Lipinski definition) is 1. The molecule has 2 aromatic carbocycles. The molecule has 0 fully saturated rings. The second kappa shape index (κ2) is 4.86. The van der Waals surface area contributed by atoms with Crippen molar-refractivity contribution in [3.8, 4) is 11.1 Å². The van der Waals surface area contributed by atoms with Gasteiger partial charge in [0.15, 0.2) is 0 Å². The van der Waals surface area contributed by atoms with Crippen molar-refractivity contribution in [2.75, 3.05) is 0 Å². The molecule has 0 amide bonds. The topological polar surface area (TPSA) is 26.0 Å². The Labute approximate surface area is 105 Å². The molecule has 0 aromatic heterocycles. The molecule has 0 spiro atoms. The Bertz CT molecular complexity index is 552. The molecule has 0 radical (unpaired) electrons. The molecule has 0 saturated heterocycles. The molecule has 0 aliphatic carbocycles. The summed E-state index contributed by atoms with van der Waals surface area (Å²) in [6.45, 7) is 2.14. The molecule has 0 aliphatic heterocycles. The SMILES string of the molecule is Cc1ccc(-c2ccc(CN)c(F)c2)cc1Cl. The summed E-state index contributed by atoms with van der Waals surface area (Å²) in [5.74, 6) is -0.276. The lowest BCUT2D eigenvalue weighted by molar-refractivity contribution is 0.611. The molecule has 88 valence electrons. The fourth-order valence-corrected chi connectivity index (χ4v) is 1.85. The summed E-state index contributed by atoms with van der Waals surface area (Å²) in [4.78, 5) is 0. The molecule has 0 saturated carbocycles. The van der Waals surface area contributed by atoms with E-state index in [2.05, 4.69) is 0 Å². The third kappa shape index (κ3) is 2.48. The highest BCUT2D eigenvalue weighted by Crippen LogP contribution is 2.26. The van der Waals surface area contributed by atoms with Gasteiger partial charge in [-0.2, -0.15) is 0 Å². The zero-order valence-corrected chi connectivity index (χ0v) is 10.3. The molecule has 2 rings (SSSR count). The summed E-state index contributed by atoms with van der Waals surface area (Å²) in [6.07, 6.45) is 0. The molecule has 2 N–H and O–H groups in total. The van der Waals surface area contributed by atoms with Crippen molar-refractivity contribution >= 4 is 11.6 Å². The molecule has 0 heterocycles. The molecule has 1 nitrogen and oxygen atoms in total. The van der Waals surface area contributed by atoms with Crippen LogP contribution in [0.25, 0.3) is 11.1 Å². The van der Waals surface area contributed by atoms with Crippen molar-refractivity contribution in [1.82, 2.24) is 0 Å². The largest absolute Gasteiger partial charge is 0.326 e. The second-order valence-electron chi connectivity index (χ2n) is 3.97. The van der Waals surface area contributed by atoms with Crippen LogP contribution in [0.15, 0.2) is 36.4 Å². The van der Waals surface area contributed by atoms with E-state index in [1.807, 2.05) is 31.2 Å². The maximum atomic E-state index is 13.6. The molecule has 0 unspecified atom stereocenters. The predicted octanol–water partition coefficient (Wildman–Crippen LogP) is 3.91. The molecule has 2 aromatic rings. The van der Waals surface area contributed by atoms with E-state index in [0.717, 1.165) is 16.7 Å². The van der Waals surface area contributed by atoms with Crippen LogP contribution in [0.4, 0.5) is 4.39 Å². The molecule has 0 bridgehead atoms. The minimum atomic E-state index is -0.276. The van der Waals surface area contributed by atoms with Crippen LogP contribution >= 0.6 is 11.6 Å². The first-order valence-electron chi connectivity index (χ1n) is 5.37. The van der Waals surface area contributed by atoms with Crippen molar-refractivity contribution in [3.05, 3.63) is 58.4 Å². The van der Waals surface area contributed by atoms with Gasteiger partial charge < -0.3 is 5.73 Å². The van der Waals surface area contributed by atoms with E-state index in [0.29, 0.717) is 10.6 Å². The first-order valence-corrected chi connectivity index (χ1v) is 5.74. The van der Waals surface area contributed by atoms with Crippen LogP contribution in [0.5, 0.6) is 0 Å². The van der Waals surface area contributed by atoms with Gasteiger partial charge in [0.1, 0.15) is 5.82 Å². The van der Waals surface area contributed by atoms with Crippen molar-refractivity contribution in [1.29, 1.82) is 0 Å². The molecule has 0 atom stereocenters. The molecule has 17 heavy (non-hydrogen) atoms. The zero-order chi connectivity index (χ0) is 12.4. The minimum absolute atomic E-state index is 0.209. The van der Waals surface area contributed by atoms with Crippen LogP contribution < -0.4 is 5.73 Å². The summed E-state index contributed by atoms with van der Waals surface area (Å²) in [5, 5.41) is 0.686. The maximum absolute atomic E-state index is 13.6. The van der Waals surface area contributed by atoms with Crippen LogP contribution in [0.1, 0.15) is 11.1 Å². The number of halogens is 2. The van der Waals surface area contributed by atoms with Crippen molar-refractivity contribution in [2.24, 2.45) is 5.73 Å². The molecule has 0 aliphatic rings. The fraction of sp³-hybridized carbons (Fsp3) is 0.143. The van der Waals surface area contributed by atoms with Crippen LogP contribution in [0.3, 0.4) is 0 Å². The average Bonchev–Trinajstić information content (AvgIpc) is 2.32. The summed E-state index contributed by atoms with van der Waals surface area (Å²) in [7, 11) is 0. The van der Waals surface area contributed by atoms with Crippen molar-refractivity contribution < 1.29 is 4.39 Å². The first kappa shape index (κ1) is 12.1. The van der Waals surface area contributed by atoms with Crippen LogP contribution in [-0.2, 0) is 6.54 Å². The minimum Gasteiger partial charge on any atom is -0.326 e. The van der Waals surface area contributed by atoms with E-state index in [1.54, 1.807) is 6.07 Å². The lowest BCUT2D eigenvalue weighted by Gasteiger charge is -2.06. The van der Waals surface area contributed by atoms with E-state index < -0.39 is 0 Å². The van der Waals surface area contributed by atoms with Gasteiger partial charge in [-0.25, -0.2) is 4.39 Å². The van der Waals surface area contributed by atoms with Crippen molar-refractivity contribution in [2.45, 2.75) is 13.5 Å². The van der Waals surface area contributed by atoms with Crippen molar-refractivity contribution in [3.63, 3.8) is 0 Å². The number of aryl methyl sites for hydroxylation is 1. The molecular formula is C14H13ClFN. The highest BCUT2D eigenvalue weighted by Gasteiger charge is 2.05. The lowest BCUT2D eigenvalue weighted by atomic mass is 10.0. The lowest BCUT2D eigenvalue weighted by Crippen LogP contribution is -1.99. The second-order valence-corrected chi connectivity index (χ2v) is 4.38.